The third kappa shape index (κ3) is 2.76. The molecule has 1 aromatic heterocycles. The number of nitrogens with one attached hydrogen (secondary N) is 1. The molecule has 1 atom stereocenters. The SMILES string of the molecule is Cc1c(C(=O)NCC2([C@@H](O)C(C)C)CC2)oc2c(C)cccc12. The molecule has 4 heteroatoms. The van der Waals surface area contributed by atoms with Gasteiger partial charge in [0.25, 0.3) is 5.91 Å². The van der Waals surface area contributed by atoms with E-state index in [0.29, 0.717) is 12.3 Å². The molecule has 124 valence electrons. The van der Waals surface area contributed by atoms with Gasteiger partial charge in [-0.1, -0.05) is 32.0 Å². The van der Waals surface area contributed by atoms with Crippen molar-refractivity contribution in [3.8, 4) is 0 Å². The summed E-state index contributed by atoms with van der Waals surface area (Å²) in [5, 5.41) is 14.3. The second-order valence-electron chi connectivity index (χ2n) is 7.24. The maximum atomic E-state index is 12.5. The summed E-state index contributed by atoms with van der Waals surface area (Å²) in [5.41, 5.74) is 2.52. The molecular formula is C19H25NO3. The molecule has 1 aliphatic carbocycles. The summed E-state index contributed by atoms with van der Waals surface area (Å²) in [7, 11) is 0. The Labute approximate surface area is 136 Å². The van der Waals surface area contributed by atoms with E-state index in [0.717, 1.165) is 34.9 Å². The highest BCUT2D eigenvalue weighted by molar-refractivity contribution is 5.99. The highest BCUT2D eigenvalue weighted by Crippen LogP contribution is 2.50. The van der Waals surface area contributed by atoms with Crippen LogP contribution in [0.2, 0.25) is 0 Å². The maximum absolute atomic E-state index is 12.5. The van der Waals surface area contributed by atoms with Crippen molar-refractivity contribution in [2.45, 2.75) is 46.6 Å². The fraction of sp³-hybridized carbons (Fsp3) is 0.526. The van der Waals surface area contributed by atoms with E-state index in [1.807, 2.05) is 45.9 Å². The van der Waals surface area contributed by atoms with Crippen LogP contribution < -0.4 is 5.32 Å². The fourth-order valence-corrected chi connectivity index (χ4v) is 3.38. The van der Waals surface area contributed by atoms with Crippen molar-refractivity contribution in [3.63, 3.8) is 0 Å². The van der Waals surface area contributed by atoms with E-state index in [1.54, 1.807) is 0 Å². The summed E-state index contributed by atoms with van der Waals surface area (Å²) in [5.74, 6) is 0.384. The number of rotatable bonds is 5. The van der Waals surface area contributed by atoms with Gasteiger partial charge in [-0.15, -0.1) is 0 Å². The highest BCUT2D eigenvalue weighted by Gasteiger charge is 2.50. The predicted octanol–water partition coefficient (Wildman–Crippen LogP) is 3.58. The van der Waals surface area contributed by atoms with E-state index in [1.165, 1.54) is 0 Å². The van der Waals surface area contributed by atoms with Crippen molar-refractivity contribution in [2.24, 2.45) is 11.3 Å². The van der Waals surface area contributed by atoms with Gasteiger partial charge in [0.1, 0.15) is 5.58 Å². The van der Waals surface area contributed by atoms with E-state index in [2.05, 4.69) is 5.32 Å². The van der Waals surface area contributed by atoms with Crippen LogP contribution >= 0.6 is 0 Å². The van der Waals surface area contributed by atoms with Crippen molar-refractivity contribution >= 4 is 16.9 Å². The molecule has 1 fully saturated rings. The Bertz CT molecular complexity index is 740. The molecule has 1 aliphatic rings. The minimum atomic E-state index is -0.373. The van der Waals surface area contributed by atoms with Crippen molar-refractivity contribution in [3.05, 3.63) is 35.1 Å². The average Bonchev–Trinajstić information content (AvgIpc) is 3.23. The van der Waals surface area contributed by atoms with Gasteiger partial charge in [0.2, 0.25) is 0 Å². The van der Waals surface area contributed by atoms with Gasteiger partial charge in [-0.25, -0.2) is 0 Å². The summed E-state index contributed by atoms with van der Waals surface area (Å²) in [4.78, 5) is 12.5. The molecular weight excluding hydrogens is 290 g/mol. The zero-order valence-corrected chi connectivity index (χ0v) is 14.3. The van der Waals surface area contributed by atoms with Gasteiger partial charge >= 0.3 is 0 Å². The van der Waals surface area contributed by atoms with Gasteiger partial charge < -0.3 is 14.8 Å². The standard InChI is InChI=1S/C19H25NO3/c1-11(2)17(21)19(8-9-19)10-20-18(22)16-13(4)14-7-5-6-12(3)15(14)23-16/h5-7,11,17,21H,8-10H2,1-4H3,(H,20,22)/t17-/m0/s1. The first-order valence-electron chi connectivity index (χ1n) is 8.31. The second kappa shape index (κ2) is 5.68. The first-order chi connectivity index (χ1) is 10.9. The van der Waals surface area contributed by atoms with E-state index >= 15 is 0 Å². The minimum Gasteiger partial charge on any atom is -0.450 e. The summed E-state index contributed by atoms with van der Waals surface area (Å²) < 4.78 is 5.81. The van der Waals surface area contributed by atoms with Crippen molar-refractivity contribution < 1.29 is 14.3 Å². The number of carbonyl (C=O) groups excluding carboxylic acids is 1. The van der Waals surface area contributed by atoms with Crippen LogP contribution in [0.3, 0.4) is 0 Å². The maximum Gasteiger partial charge on any atom is 0.287 e. The number of aliphatic hydroxyl groups is 1. The zero-order valence-electron chi connectivity index (χ0n) is 14.3. The number of amides is 1. The van der Waals surface area contributed by atoms with Gasteiger partial charge in [-0.3, -0.25) is 4.79 Å². The number of hydrogen-bond donors (Lipinski definition) is 2. The molecule has 0 saturated heterocycles. The summed E-state index contributed by atoms with van der Waals surface area (Å²) in [6, 6.07) is 5.92. The molecule has 23 heavy (non-hydrogen) atoms. The molecule has 1 aromatic carbocycles. The van der Waals surface area contributed by atoms with Crippen LogP contribution in [-0.4, -0.2) is 23.7 Å². The third-order valence-corrected chi connectivity index (χ3v) is 5.12. The molecule has 0 aliphatic heterocycles. The van der Waals surface area contributed by atoms with Crippen LogP contribution in [-0.2, 0) is 0 Å². The molecule has 0 spiro atoms. The number of para-hydroxylation sites is 1. The Morgan fingerprint density at radius 3 is 2.61 bits per heavy atom. The van der Waals surface area contributed by atoms with Crippen LogP contribution in [0, 0.1) is 25.2 Å². The number of benzene rings is 1. The Kier molecular flexibility index (Phi) is 3.96. The Morgan fingerprint density at radius 1 is 1.35 bits per heavy atom. The van der Waals surface area contributed by atoms with E-state index in [9.17, 15) is 9.90 Å². The molecule has 1 heterocycles. The van der Waals surface area contributed by atoms with E-state index in [-0.39, 0.29) is 23.3 Å². The van der Waals surface area contributed by atoms with Gasteiger partial charge in [-0.05, 0) is 38.2 Å². The summed E-state index contributed by atoms with van der Waals surface area (Å²) in [6.45, 7) is 8.42. The minimum absolute atomic E-state index is 0.153. The predicted molar refractivity (Wildman–Crippen MR) is 90.5 cm³/mol. The fourth-order valence-electron chi connectivity index (χ4n) is 3.38. The topological polar surface area (TPSA) is 62.5 Å². The number of aryl methyl sites for hydroxylation is 2. The normalized spacial score (nSPS) is 17.5. The number of aliphatic hydroxyl groups excluding tert-OH is 1. The molecule has 0 radical (unpaired) electrons. The van der Waals surface area contributed by atoms with E-state index < -0.39 is 0 Å². The summed E-state index contributed by atoms with van der Waals surface area (Å²) >= 11 is 0. The van der Waals surface area contributed by atoms with Crippen LogP contribution in [0.15, 0.2) is 22.6 Å². The lowest BCUT2D eigenvalue weighted by Crippen LogP contribution is -2.38. The van der Waals surface area contributed by atoms with Crippen LogP contribution in [0.4, 0.5) is 0 Å². The first kappa shape index (κ1) is 16.1. The first-order valence-corrected chi connectivity index (χ1v) is 8.31. The lowest BCUT2D eigenvalue weighted by Gasteiger charge is -2.25. The monoisotopic (exact) mass is 315 g/mol. The molecule has 0 bridgehead atoms. The smallest absolute Gasteiger partial charge is 0.287 e. The lowest BCUT2D eigenvalue weighted by molar-refractivity contribution is 0.0487. The molecule has 4 nitrogen and oxygen atoms in total. The Balaban J connectivity index is 1.77. The lowest BCUT2D eigenvalue weighted by atomic mass is 9.90. The molecule has 1 saturated carbocycles. The number of carbonyl (C=O) groups is 1. The molecule has 2 aromatic rings. The number of fused-ring (bicyclic) bond motifs is 1. The Morgan fingerprint density at radius 2 is 2.04 bits per heavy atom. The van der Waals surface area contributed by atoms with Crippen molar-refractivity contribution in [1.82, 2.24) is 5.32 Å². The zero-order chi connectivity index (χ0) is 16.8. The third-order valence-electron chi connectivity index (χ3n) is 5.12. The Hall–Kier alpha value is -1.81. The van der Waals surface area contributed by atoms with E-state index in [4.69, 9.17) is 4.42 Å². The quantitative estimate of drug-likeness (QED) is 0.886. The van der Waals surface area contributed by atoms with Gasteiger partial charge in [0, 0.05) is 22.9 Å². The molecule has 1 amide bonds. The van der Waals surface area contributed by atoms with Crippen LogP contribution in [0.25, 0.3) is 11.0 Å². The molecule has 3 rings (SSSR count). The van der Waals surface area contributed by atoms with Gasteiger partial charge in [-0.2, -0.15) is 0 Å². The molecule has 2 N–H and O–H groups in total. The average molecular weight is 315 g/mol. The summed E-state index contributed by atoms with van der Waals surface area (Å²) in [6.07, 6.45) is 1.55. The highest BCUT2D eigenvalue weighted by atomic mass is 16.3. The number of hydrogen-bond acceptors (Lipinski definition) is 3. The van der Waals surface area contributed by atoms with Crippen LogP contribution in [0.5, 0.6) is 0 Å². The van der Waals surface area contributed by atoms with Gasteiger partial charge in [0.05, 0.1) is 6.10 Å². The largest absolute Gasteiger partial charge is 0.450 e. The second-order valence-corrected chi connectivity index (χ2v) is 7.24. The van der Waals surface area contributed by atoms with Crippen molar-refractivity contribution in [1.29, 1.82) is 0 Å². The van der Waals surface area contributed by atoms with Crippen LogP contribution in [0.1, 0.15) is 48.4 Å². The number of furan rings is 1. The van der Waals surface area contributed by atoms with Gasteiger partial charge in [0.15, 0.2) is 5.76 Å². The molecule has 0 unspecified atom stereocenters. The van der Waals surface area contributed by atoms with Crippen molar-refractivity contribution in [2.75, 3.05) is 6.54 Å².